The third-order valence-electron chi connectivity index (χ3n) is 11.6. The average Bonchev–Trinajstić information content (AvgIpc) is 3.43. The largest absolute Gasteiger partial charge is 0.311 e. The van der Waals surface area contributed by atoms with Crippen LogP contribution in [0.5, 0.6) is 0 Å². The van der Waals surface area contributed by atoms with Gasteiger partial charge in [-0.05, 0) is 128 Å². The van der Waals surface area contributed by atoms with Gasteiger partial charge in [-0.25, -0.2) is 0 Å². The summed E-state index contributed by atoms with van der Waals surface area (Å²) in [5.74, 6) is 0. The van der Waals surface area contributed by atoms with Crippen LogP contribution in [0.2, 0.25) is 0 Å². The minimum absolute atomic E-state index is 0.0996. The van der Waals surface area contributed by atoms with Gasteiger partial charge in [0.15, 0.2) is 0 Å². The summed E-state index contributed by atoms with van der Waals surface area (Å²) < 4.78 is 0. The second-order valence-electron chi connectivity index (χ2n) is 18.0. The lowest BCUT2D eigenvalue weighted by atomic mass is 9.81. The molecule has 0 bridgehead atoms. The molecule has 0 amide bonds. The van der Waals surface area contributed by atoms with Crippen LogP contribution in [0.4, 0.5) is 34.1 Å². The Kier molecular flexibility index (Phi) is 9.78. The molecule has 0 heterocycles. The second-order valence-corrected chi connectivity index (χ2v) is 18.0. The first-order valence-corrected chi connectivity index (χ1v) is 20.3. The van der Waals surface area contributed by atoms with Crippen molar-refractivity contribution in [1.82, 2.24) is 0 Å². The number of nitrogens with zero attached hydrogens (tertiary/aromatic N) is 2. The van der Waals surface area contributed by atoms with Gasteiger partial charge in [0.25, 0.3) is 0 Å². The van der Waals surface area contributed by atoms with Crippen molar-refractivity contribution in [2.75, 3.05) is 9.80 Å². The van der Waals surface area contributed by atoms with Crippen LogP contribution >= 0.6 is 0 Å². The van der Waals surface area contributed by atoms with E-state index in [0.29, 0.717) is 0 Å². The smallest absolute Gasteiger partial charge is 0.0465 e. The number of fused-ring (bicyclic) bond motifs is 3. The molecule has 0 aliphatic heterocycles. The van der Waals surface area contributed by atoms with Crippen LogP contribution in [-0.4, -0.2) is 0 Å². The van der Waals surface area contributed by atoms with Gasteiger partial charge in [-0.3, -0.25) is 0 Å². The molecule has 2 nitrogen and oxygen atoms in total. The third-order valence-corrected chi connectivity index (χ3v) is 11.6. The predicted octanol–water partition coefficient (Wildman–Crippen LogP) is 15.7. The van der Waals surface area contributed by atoms with Crippen LogP contribution in [-0.2, 0) is 16.2 Å². The van der Waals surface area contributed by atoms with Crippen molar-refractivity contribution < 1.29 is 0 Å². The Balaban J connectivity index is 1.06. The molecule has 0 saturated heterocycles. The molecule has 0 atom stereocenters. The van der Waals surface area contributed by atoms with E-state index in [9.17, 15) is 0 Å². The first-order chi connectivity index (χ1) is 27.3. The highest BCUT2D eigenvalue weighted by Gasteiger charge is 2.36. The molecule has 2 heteroatoms. The summed E-state index contributed by atoms with van der Waals surface area (Å²) in [6.45, 7) is 18.3. The predicted molar refractivity (Wildman–Crippen MR) is 246 cm³/mol. The highest BCUT2D eigenvalue weighted by atomic mass is 15.1. The van der Waals surface area contributed by atoms with E-state index in [2.05, 4.69) is 247 Å². The fourth-order valence-electron chi connectivity index (χ4n) is 8.18. The summed E-state index contributed by atoms with van der Waals surface area (Å²) in [6.07, 6.45) is 4.48. The van der Waals surface area contributed by atoms with Crippen LogP contribution in [0.15, 0.2) is 170 Å². The van der Waals surface area contributed by atoms with E-state index in [4.69, 9.17) is 0 Å². The van der Waals surface area contributed by atoms with Gasteiger partial charge < -0.3 is 9.80 Å². The van der Waals surface area contributed by atoms with Gasteiger partial charge in [-0.1, -0.05) is 165 Å². The van der Waals surface area contributed by atoms with E-state index in [-0.39, 0.29) is 16.2 Å². The van der Waals surface area contributed by atoms with Crippen molar-refractivity contribution in [3.8, 4) is 11.1 Å². The Morgan fingerprint density at radius 1 is 0.368 bits per heavy atom. The molecule has 0 saturated carbocycles. The minimum atomic E-state index is -0.156. The van der Waals surface area contributed by atoms with Crippen molar-refractivity contribution in [2.24, 2.45) is 0 Å². The SMILES string of the molecule is CC(C)(C)c1ccc(N(c2ccccc2)c2ccc(/C=C/c3ccc4c(c3)C(C)(C)c3cc(N(c5ccccc5)c5ccc(C(C)(C)C)cc5)ccc3-4)cc2)cc1. The fraction of sp³-hybridized carbons (Fsp3) is 0.200. The van der Waals surface area contributed by atoms with Crippen LogP contribution in [0.3, 0.4) is 0 Å². The normalized spacial score (nSPS) is 13.3. The zero-order valence-corrected chi connectivity index (χ0v) is 34.7. The first-order valence-electron chi connectivity index (χ1n) is 20.3. The van der Waals surface area contributed by atoms with Crippen LogP contribution in [0.25, 0.3) is 23.3 Å². The van der Waals surface area contributed by atoms with Gasteiger partial charge in [0, 0.05) is 39.5 Å². The molecule has 57 heavy (non-hydrogen) atoms. The number of hydrogen-bond donors (Lipinski definition) is 0. The van der Waals surface area contributed by atoms with Gasteiger partial charge in [0.05, 0.1) is 0 Å². The van der Waals surface area contributed by atoms with Crippen molar-refractivity contribution in [3.05, 3.63) is 203 Å². The lowest BCUT2D eigenvalue weighted by Crippen LogP contribution is -2.17. The van der Waals surface area contributed by atoms with Gasteiger partial charge in [0.2, 0.25) is 0 Å². The number of para-hydroxylation sites is 2. The maximum absolute atomic E-state index is 2.41. The highest BCUT2D eigenvalue weighted by molar-refractivity contribution is 5.87. The average molecular weight is 743 g/mol. The maximum Gasteiger partial charge on any atom is 0.0465 e. The molecule has 8 rings (SSSR count). The molecular formula is C55H54N2. The lowest BCUT2D eigenvalue weighted by Gasteiger charge is -2.29. The molecule has 7 aromatic rings. The molecule has 0 radical (unpaired) electrons. The number of hydrogen-bond acceptors (Lipinski definition) is 2. The number of rotatable bonds is 8. The summed E-state index contributed by atoms with van der Waals surface area (Å²) in [5.41, 5.74) is 17.3. The first kappa shape index (κ1) is 37.8. The minimum Gasteiger partial charge on any atom is -0.311 e. The highest BCUT2D eigenvalue weighted by Crippen LogP contribution is 2.51. The van der Waals surface area contributed by atoms with E-state index in [1.807, 2.05) is 0 Å². The van der Waals surface area contributed by atoms with Gasteiger partial charge in [-0.2, -0.15) is 0 Å². The molecule has 0 spiro atoms. The summed E-state index contributed by atoms with van der Waals surface area (Å²) >= 11 is 0. The van der Waals surface area contributed by atoms with E-state index in [1.165, 1.54) is 50.2 Å². The Bertz CT molecular complexity index is 2510. The zero-order chi connectivity index (χ0) is 40.0. The van der Waals surface area contributed by atoms with Crippen LogP contribution in [0.1, 0.15) is 88.8 Å². The van der Waals surface area contributed by atoms with Crippen molar-refractivity contribution in [3.63, 3.8) is 0 Å². The van der Waals surface area contributed by atoms with E-state index in [0.717, 1.165) is 28.4 Å². The van der Waals surface area contributed by atoms with Crippen LogP contribution in [0, 0.1) is 0 Å². The molecule has 0 fully saturated rings. The Hall–Kier alpha value is -6.12. The molecule has 1 aliphatic rings. The second kappa shape index (κ2) is 14.8. The molecule has 284 valence electrons. The van der Waals surface area contributed by atoms with Crippen LogP contribution < -0.4 is 9.80 Å². The summed E-state index contributed by atoms with van der Waals surface area (Å²) in [5, 5.41) is 0. The fourth-order valence-corrected chi connectivity index (χ4v) is 8.18. The van der Waals surface area contributed by atoms with Gasteiger partial charge in [-0.15, -0.1) is 0 Å². The lowest BCUT2D eigenvalue weighted by molar-refractivity contribution is 0.590. The maximum atomic E-state index is 2.41. The molecule has 0 N–H and O–H groups in total. The third kappa shape index (κ3) is 7.57. The molecule has 0 unspecified atom stereocenters. The Labute approximate surface area is 340 Å². The van der Waals surface area contributed by atoms with Crippen molar-refractivity contribution >= 4 is 46.3 Å². The van der Waals surface area contributed by atoms with E-state index >= 15 is 0 Å². The molecule has 0 aromatic heterocycles. The standard InChI is InChI=1S/C55H54N2/c1-53(2,3)41-24-30-46(31-25-41)56(43-15-11-9-12-16-43)45-28-21-39(22-29-45)19-20-40-23-35-49-50-36-34-48(38-52(50)55(7,8)51(49)37-40)57(44-17-13-10-14-18-44)47-32-26-42(27-33-47)54(4,5)6/h9-38H,1-8H3/b20-19+. The van der Waals surface area contributed by atoms with Gasteiger partial charge >= 0.3 is 0 Å². The van der Waals surface area contributed by atoms with E-state index < -0.39 is 0 Å². The van der Waals surface area contributed by atoms with Gasteiger partial charge in [0.1, 0.15) is 0 Å². The zero-order valence-electron chi connectivity index (χ0n) is 34.7. The van der Waals surface area contributed by atoms with E-state index in [1.54, 1.807) is 0 Å². The summed E-state index contributed by atoms with van der Waals surface area (Å²) in [7, 11) is 0. The monoisotopic (exact) mass is 742 g/mol. The molecule has 1 aliphatic carbocycles. The number of anilines is 6. The summed E-state index contributed by atoms with van der Waals surface area (Å²) in [4.78, 5) is 4.71. The Morgan fingerprint density at radius 2 is 0.719 bits per heavy atom. The molecular weight excluding hydrogens is 689 g/mol. The Morgan fingerprint density at radius 3 is 1.19 bits per heavy atom. The number of benzene rings is 7. The molecule has 7 aromatic carbocycles. The summed E-state index contributed by atoms with van der Waals surface area (Å²) in [6, 6.07) is 62.2. The van der Waals surface area contributed by atoms with Crippen molar-refractivity contribution in [2.45, 2.75) is 71.6 Å². The topological polar surface area (TPSA) is 6.48 Å². The quantitative estimate of drug-likeness (QED) is 0.143. The van der Waals surface area contributed by atoms with Crippen molar-refractivity contribution in [1.29, 1.82) is 0 Å².